The molecule has 0 atom stereocenters. The highest BCUT2D eigenvalue weighted by atomic mass is 16.5. The Balaban J connectivity index is 1.62. The monoisotopic (exact) mass is 414 g/mol. The van der Waals surface area contributed by atoms with Crippen molar-refractivity contribution in [1.82, 2.24) is 0 Å². The lowest BCUT2D eigenvalue weighted by Gasteiger charge is -2.21. The minimum Gasteiger partial charge on any atom is -0.494 e. The Labute approximate surface area is 180 Å². The van der Waals surface area contributed by atoms with Crippen LogP contribution in [0.25, 0.3) is 0 Å². The average Bonchev–Trinajstić information content (AvgIpc) is 2.79. The zero-order chi connectivity index (χ0) is 22.0. The number of ketones is 2. The number of ether oxygens (including phenoxy) is 1. The number of amides is 1. The van der Waals surface area contributed by atoms with Crippen molar-refractivity contribution in [2.75, 3.05) is 17.7 Å². The normalized spacial score (nSPS) is 12.2. The van der Waals surface area contributed by atoms with Crippen molar-refractivity contribution in [3.63, 3.8) is 0 Å². The minimum absolute atomic E-state index is 0.122. The van der Waals surface area contributed by atoms with Crippen LogP contribution in [0, 0.1) is 0 Å². The first kappa shape index (κ1) is 20.3. The number of benzene rings is 3. The van der Waals surface area contributed by atoms with E-state index in [0.717, 1.165) is 12.8 Å². The summed E-state index contributed by atoms with van der Waals surface area (Å²) in [7, 11) is 0. The molecule has 156 valence electrons. The first-order chi connectivity index (χ1) is 15.0. The molecule has 3 aromatic carbocycles. The fourth-order valence-electron chi connectivity index (χ4n) is 3.58. The van der Waals surface area contributed by atoms with Crippen LogP contribution in [0.4, 0.5) is 11.4 Å². The number of nitrogen functional groups attached to an aromatic ring is 1. The lowest BCUT2D eigenvalue weighted by Crippen LogP contribution is -2.25. The number of nitrogens with one attached hydrogen (secondary N) is 1. The third-order valence-corrected chi connectivity index (χ3v) is 5.24. The average molecular weight is 414 g/mol. The van der Waals surface area contributed by atoms with Gasteiger partial charge in [0.1, 0.15) is 5.75 Å². The topological polar surface area (TPSA) is 98.5 Å². The molecule has 1 aliphatic rings. The molecule has 0 radical (unpaired) electrons. The molecule has 4 rings (SSSR count). The van der Waals surface area contributed by atoms with E-state index in [1.807, 2.05) is 0 Å². The molecule has 0 bridgehead atoms. The maximum absolute atomic E-state index is 13.1. The van der Waals surface area contributed by atoms with Gasteiger partial charge in [0.05, 0.1) is 23.4 Å². The second-order valence-corrected chi connectivity index (χ2v) is 7.34. The van der Waals surface area contributed by atoms with E-state index in [0.29, 0.717) is 29.0 Å². The van der Waals surface area contributed by atoms with Crippen molar-refractivity contribution in [2.24, 2.45) is 0 Å². The summed E-state index contributed by atoms with van der Waals surface area (Å²) in [4.78, 5) is 38.9. The maximum Gasteiger partial charge on any atom is 0.255 e. The molecule has 0 spiro atoms. The molecule has 1 aliphatic carbocycles. The van der Waals surface area contributed by atoms with Crippen LogP contribution >= 0.6 is 0 Å². The van der Waals surface area contributed by atoms with Gasteiger partial charge in [-0.3, -0.25) is 14.4 Å². The molecule has 0 saturated heterocycles. The predicted molar refractivity (Wildman–Crippen MR) is 119 cm³/mol. The van der Waals surface area contributed by atoms with Gasteiger partial charge < -0.3 is 15.8 Å². The lowest BCUT2D eigenvalue weighted by atomic mass is 9.82. The predicted octanol–water partition coefficient (Wildman–Crippen LogP) is 4.48. The van der Waals surface area contributed by atoms with Crippen molar-refractivity contribution in [1.29, 1.82) is 0 Å². The SMILES string of the molecule is CCCCOc1ccc(C(=O)Nc2ccc(N)c3c2C(=O)c2ccccc2C3=O)cc1. The summed E-state index contributed by atoms with van der Waals surface area (Å²) in [6.07, 6.45) is 2.00. The molecule has 3 aromatic rings. The molecule has 6 heteroatoms. The number of rotatable bonds is 6. The Bertz CT molecular complexity index is 1180. The second-order valence-electron chi connectivity index (χ2n) is 7.34. The molecular weight excluding hydrogens is 392 g/mol. The number of fused-ring (bicyclic) bond motifs is 2. The molecule has 0 saturated carbocycles. The van der Waals surface area contributed by atoms with Gasteiger partial charge in [-0.1, -0.05) is 37.6 Å². The quantitative estimate of drug-likeness (QED) is 0.358. The highest BCUT2D eigenvalue weighted by Gasteiger charge is 2.33. The van der Waals surface area contributed by atoms with Crippen LogP contribution in [0.1, 0.15) is 62.0 Å². The molecule has 0 fully saturated rings. The van der Waals surface area contributed by atoms with Gasteiger partial charge in [-0.15, -0.1) is 0 Å². The standard InChI is InChI=1S/C25H22N2O4/c1-2-3-14-31-16-10-8-15(9-11-16)25(30)27-20-13-12-19(26)21-22(20)24(29)18-7-5-4-6-17(18)23(21)28/h4-13H,2-3,14,26H2,1H3,(H,27,30). The Kier molecular flexibility index (Phi) is 5.54. The van der Waals surface area contributed by atoms with Gasteiger partial charge in [0, 0.05) is 22.4 Å². The van der Waals surface area contributed by atoms with Crippen LogP contribution in [0.5, 0.6) is 5.75 Å². The van der Waals surface area contributed by atoms with Gasteiger partial charge in [0.15, 0.2) is 11.6 Å². The Morgan fingerprint density at radius 1 is 0.903 bits per heavy atom. The highest BCUT2D eigenvalue weighted by molar-refractivity contribution is 6.32. The molecule has 0 unspecified atom stereocenters. The highest BCUT2D eigenvalue weighted by Crippen LogP contribution is 2.35. The smallest absolute Gasteiger partial charge is 0.255 e. The summed E-state index contributed by atoms with van der Waals surface area (Å²) in [6, 6.07) is 16.5. The van der Waals surface area contributed by atoms with Gasteiger partial charge in [-0.05, 0) is 42.8 Å². The fourth-order valence-corrected chi connectivity index (χ4v) is 3.58. The summed E-state index contributed by atoms with van der Waals surface area (Å²) >= 11 is 0. The van der Waals surface area contributed by atoms with Gasteiger partial charge in [0.2, 0.25) is 0 Å². The molecule has 0 aromatic heterocycles. The molecule has 3 N–H and O–H groups in total. The third-order valence-electron chi connectivity index (χ3n) is 5.24. The number of hydrogen-bond acceptors (Lipinski definition) is 5. The minimum atomic E-state index is -0.397. The number of anilines is 2. The van der Waals surface area contributed by atoms with Crippen LogP contribution in [0.3, 0.4) is 0 Å². The summed E-state index contributed by atoms with van der Waals surface area (Å²) in [5.41, 5.74) is 7.76. The van der Waals surface area contributed by atoms with Crippen molar-refractivity contribution in [3.8, 4) is 5.75 Å². The van der Waals surface area contributed by atoms with E-state index in [9.17, 15) is 14.4 Å². The first-order valence-electron chi connectivity index (χ1n) is 10.2. The zero-order valence-corrected chi connectivity index (χ0v) is 17.1. The van der Waals surface area contributed by atoms with E-state index < -0.39 is 5.91 Å². The number of hydrogen-bond donors (Lipinski definition) is 2. The first-order valence-corrected chi connectivity index (χ1v) is 10.2. The Morgan fingerprint density at radius 2 is 1.55 bits per heavy atom. The van der Waals surface area contributed by atoms with Crippen LogP contribution in [0.15, 0.2) is 60.7 Å². The van der Waals surface area contributed by atoms with Crippen LogP contribution in [0.2, 0.25) is 0 Å². The van der Waals surface area contributed by atoms with Crippen molar-refractivity contribution >= 4 is 28.8 Å². The Morgan fingerprint density at radius 3 is 2.19 bits per heavy atom. The number of unbranched alkanes of at least 4 members (excludes halogenated alkanes) is 1. The molecule has 1 amide bonds. The van der Waals surface area contributed by atoms with E-state index in [4.69, 9.17) is 10.5 Å². The summed E-state index contributed by atoms with van der Waals surface area (Å²) in [5, 5.41) is 2.76. The van der Waals surface area contributed by atoms with Gasteiger partial charge in [0.25, 0.3) is 5.91 Å². The van der Waals surface area contributed by atoms with E-state index in [1.54, 1.807) is 54.6 Å². The molecular formula is C25H22N2O4. The van der Waals surface area contributed by atoms with Crippen LogP contribution in [-0.4, -0.2) is 24.1 Å². The molecule has 31 heavy (non-hydrogen) atoms. The Hall–Kier alpha value is -3.93. The number of carbonyl (C=O) groups excluding carboxylic acids is 3. The zero-order valence-electron chi connectivity index (χ0n) is 17.1. The third kappa shape index (κ3) is 3.80. The second kappa shape index (κ2) is 8.44. The van der Waals surface area contributed by atoms with E-state index in [-0.39, 0.29) is 34.1 Å². The maximum atomic E-state index is 13.1. The van der Waals surface area contributed by atoms with E-state index >= 15 is 0 Å². The van der Waals surface area contributed by atoms with Gasteiger partial charge in [-0.2, -0.15) is 0 Å². The lowest BCUT2D eigenvalue weighted by molar-refractivity contribution is 0.0979. The molecule has 0 aliphatic heterocycles. The number of carbonyl (C=O) groups is 3. The van der Waals surface area contributed by atoms with Gasteiger partial charge >= 0.3 is 0 Å². The molecule has 6 nitrogen and oxygen atoms in total. The summed E-state index contributed by atoms with van der Waals surface area (Å²) in [6.45, 7) is 2.71. The fraction of sp³-hybridized carbons (Fsp3) is 0.160. The van der Waals surface area contributed by atoms with E-state index in [1.165, 1.54) is 6.07 Å². The summed E-state index contributed by atoms with van der Waals surface area (Å²) < 4.78 is 5.62. The molecule has 0 heterocycles. The van der Waals surface area contributed by atoms with Crippen LogP contribution in [-0.2, 0) is 0 Å². The van der Waals surface area contributed by atoms with Crippen molar-refractivity contribution in [2.45, 2.75) is 19.8 Å². The number of nitrogens with two attached hydrogens (primary N) is 1. The summed E-state index contributed by atoms with van der Waals surface area (Å²) in [5.74, 6) is -0.377. The van der Waals surface area contributed by atoms with Crippen molar-refractivity contribution < 1.29 is 19.1 Å². The van der Waals surface area contributed by atoms with E-state index in [2.05, 4.69) is 12.2 Å². The van der Waals surface area contributed by atoms with Crippen molar-refractivity contribution in [3.05, 3.63) is 88.5 Å². The largest absolute Gasteiger partial charge is 0.494 e. The van der Waals surface area contributed by atoms with Crippen LogP contribution < -0.4 is 15.8 Å². The van der Waals surface area contributed by atoms with Gasteiger partial charge in [-0.25, -0.2) is 0 Å².